The summed E-state index contributed by atoms with van der Waals surface area (Å²) in [4.78, 5) is 16.3. The van der Waals surface area contributed by atoms with E-state index in [1.54, 1.807) is 13.8 Å². The fourth-order valence-corrected chi connectivity index (χ4v) is 4.80. The summed E-state index contributed by atoms with van der Waals surface area (Å²) >= 11 is 0. The normalized spacial score (nSPS) is 22.3. The van der Waals surface area contributed by atoms with Crippen LogP contribution in [0.25, 0.3) is 28.1 Å². The molecule has 5 rings (SSSR count). The van der Waals surface area contributed by atoms with Crippen molar-refractivity contribution in [3.63, 3.8) is 0 Å². The lowest BCUT2D eigenvalue weighted by Gasteiger charge is -2.39. The van der Waals surface area contributed by atoms with Gasteiger partial charge in [0, 0.05) is 28.9 Å². The Balaban J connectivity index is 1.60. The summed E-state index contributed by atoms with van der Waals surface area (Å²) in [5.41, 5.74) is 4.93. The van der Waals surface area contributed by atoms with Crippen LogP contribution in [0.5, 0.6) is 0 Å². The SMILES string of the molecule is CC1(C)OC(C=Cc2c(C3CC3)nc3ccccc3c2-c2ccc(F)cc2)CC(CC(=O)O)O1. The summed E-state index contributed by atoms with van der Waals surface area (Å²) in [5.74, 6) is -1.65. The quantitative estimate of drug-likeness (QED) is 0.465. The van der Waals surface area contributed by atoms with Crippen LogP contribution < -0.4 is 0 Å². The van der Waals surface area contributed by atoms with Crippen molar-refractivity contribution in [2.45, 2.75) is 63.4 Å². The Bertz CT molecular complexity index is 1250. The van der Waals surface area contributed by atoms with Gasteiger partial charge in [-0.05, 0) is 50.5 Å². The highest BCUT2D eigenvalue weighted by Gasteiger charge is 2.36. The third kappa shape index (κ3) is 4.88. The predicted molar refractivity (Wildman–Crippen MR) is 129 cm³/mol. The number of carboxylic acids is 1. The molecule has 1 saturated carbocycles. The molecule has 5 nitrogen and oxygen atoms in total. The molecular formula is C28H28FNO4. The first-order valence-electron chi connectivity index (χ1n) is 11.7. The minimum Gasteiger partial charge on any atom is -0.481 e. The first-order chi connectivity index (χ1) is 16.3. The summed E-state index contributed by atoms with van der Waals surface area (Å²) in [6.45, 7) is 3.61. The van der Waals surface area contributed by atoms with Crippen LogP contribution in [0, 0.1) is 5.82 Å². The second-order valence-corrected chi connectivity index (χ2v) is 9.57. The van der Waals surface area contributed by atoms with Crippen LogP contribution in [0.15, 0.2) is 54.6 Å². The molecule has 1 saturated heterocycles. The van der Waals surface area contributed by atoms with Gasteiger partial charge in [0.25, 0.3) is 0 Å². The molecule has 1 aliphatic carbocycles. The number of benzene rings is 2. The molecule has 0 amide bonds. The van der Waals surface area contributed by atoms with Crippen molar-refractivity contribution >= 4 is 22.9 Å². The second kappa shape index (κ2) is 8.93. The number of ether oxygens (including phenoxy) is 2. The third-order valence-electron chi connectivity index (χ3n) is 6.32. The maximum absolute atomic E-state index is 13.7. The molecule has 2 unspecified atom stereocenters. The van der Waals surface area contributed by atoms with E-state index in [0.717, 1.165) is 46.1 Å². The molecule has 0 radical (unpaired) electrons. The van der Waals surface area contributed by atoms with Crippen LogP contribution in [0.1, 0.15) is 56.7 Å². The van der Waals surface area contributed by atoms with Crippen molar-refractivity contribution in [1.29, 1.82) is 0 Å². The molecule has 0 spiro atoms. The Morgan fingerprint density at radius 1 is 1.15 bits per heavy atom. The van der Waals surface area contributed by atoms with Crippen LogP contribution in [-0.2, 0) is 14.3 Å². The maximum Gasteiger partial charge on any atom is 0.305 e. The standard InChI is InChI=1S/C28H28FNO4/c1-28(2)33-20(15-21(34-28)16-25(31)32)13-14-23-26(17-9-11-19(29)12-10-17)22-5-3-4-6-24(22)30-27(23)18-7-8-18/h3-6,9-14,18,20-21H,7-8,15-16H2,1-2H3,(H,31,32). The largest absolute Gasteiger partial charge is 0.481 e. The summed E-state index contributed by atoms with van der Waals surface area (Å²) in [6.07, 6.45) is 5.89. The Kier molecular flexibility index (Phi) is 5.96. The zero-order valence-corrected chi connectivity index (χ0v) is 19.3. The molecule has 1 N–H and O–H groups in total. The lowest BCUT2D eigenvalue weighted by Crippen LogP contribution is -2.44. The third-order valence-corrected chi connectivity index (χ3v) is 6.32. The molecule has 2 fully saturated rings. The molecule has 6 heteroatoms. The molecule has 1 aromatic heterocycles. The van der Waals surface area contributed by atoms with Gasteiger partial charge >= 0.3 is 5.97 Å². The second-order valence-electron chi connectivity index (χ2n) is 9.57. The van der Waals surface area contributed by atoms with Gasteiger partial charge in [-0.1, -0.05) is 42.5 Å². The van der Waals surface area contributed by atoms with Gasteiger partial charge in [0.05, 0.1) is 29.8 Å². The lowest BCUT2D eigenvalue weighted by molar-refractivity contribution is -0.290. The summed E-state index contributed by atoms with van der Waals surface area (Å²) < 4.78 is 25.6. The van der Waals surface area contributed by atoms with Gasteiger partial charge in [0.15, 0.2) is 5.79 Å². The Morgan fingerprint density at radius 2 is 1.88 bits per heavy atom. The number of nitrogens with zero attached hydrogens (tertiary/aromatic N) is 1. The van der Waals surface area contributed by atoms with Gasteiger partial charge in [0.1, 0.15) is 5.82 Å². The molecule has 34 heavy (non-hydrogen) atoms. The highest BCUT2D eigenvalue weighted by atomic mass is 19.1. The molecule has 1 aliphatic heterocycles. The van der Waals surface area contributed by atoms with Crippen molar-refractivity contribution in [3.05, 3.63) is 71.7 Å². The van der Waals surface area contributed by atoms with Crippen LogP contribution in [0.3, 0.4) is 0 Å². The van der Waals surface area contributed by atoms with Gasteiger partial charge in [-0.3, -0.25) is 9.78 Å². The number of rotatable bonds is 6. The van der Waals surface area contributed by atoms with E-state index in [0.29, 0.717) is 12.3 Å². The molecule has 2 heterocycles. The number of hydrogen-bond acceptors (Lipinski definition) is 4. The highest BCUT2D eigenvalue weighted by molar-refractivity contribution is 5.99. The Hall–Kier alpha value is -3.09. The Labute approximate surface area is 198 Å². The molecule has 2 atom stereocenters. The summed E-state index contributed by atoms with van der Waals surface area (Å²) in [6, 6.07) is 14.6. The van der Waals surface area contributed by atoms with Crippen molar-refractivity contribution in [1.82, 2.24) is 4.98 Å². The minimum absolute atomic E-state index is 0.0667. The molecular weight excluding hydrogens is 433 g/mol. The summed E-state index contributed by atoms with van der Waals surface area (Å²) in [7, 11) is 0. The van der Waals surface area contributed by atoms with Gasteiger partial charge in [-0.25, -0.2) is 4.39 Å². The zero-order valence-electron chi connectivity index (χ0n) is 19.3. The van der Waals surface area contributed by atoms with E-state index in [4.69, 9.17) is 14.5 Å². The van der Waals surface area contributed by atoms with E-state index in [2.05, 4.69) is 6.08 Å². The minimum atomic E-state index is -0.890. The molecule has 0 bridgehead atoms. The number of pyridine rings is 1. The molecule has 3 aromatic rings. The van der Waals surface area contributed by atoms with Crippen LogP contribution in [-0.4, -0.2) is 34.1 Å². The van der Waals surface area contributed by atoms with Crippen LogP contribution in [0.2, 0.25) is 0 Å². The first kappa shape index (κ1) is 22.7. The number of aromatic nitrogens is 1. The van der Waals surface area contributed by atoms with Gasteiger partial charge < -0.3 is 14.6 Å². The average molecular weight is 462 g/mol. The monoisotopic (exact) mass is 461 g/mol. The van der Waals surface area contributed by atoms with Gasteiger partial charge in [-0.2, -0.15) is 0 Å². The van der Waals surface area contributed by atoms with E-state index in [-0.39, 0.29) is 18.3 Å². The molecule has 2 aliphatic rings. The molecule has 2 aromatic carbocycles. The number of para-hydroxylation sites is 1. The topological polar surface area (TPSA) is 68.7 Å². The number of fused-ring (bicyclic) bond motifs is 1. The van der Waals surface area contributed by atoms with Gasteiger partial charge in [0.2, 0.25) is 0 Å². The first-order valence-corrected chi connectivity index (χ1v) is 11.7. The van der Waals surface area contributed by atoms with E-state index < -0.39 is 17.9 Å². The number of carbonyl (C=O) groups is 1. The molecule has 176 valence electrons. The van der Waals surface area contributed by atoms with Crippen molar-refractivity contribution in [2.24, 2.45) is 0 Å². The fourth-order valence-electron chi connectivity index (χ4n) is 4.80. The van der Waals surface area contributed by atoms with Crippen molar-refractivity contribution in [2.75, 3.05) is 0 Å². The van der Waals surface area contributed by atoms with Gasteiger partial charge in [-0.15, -0.1) is 0 Å². The van der Waals surface area contributed by atoms with E-state index >= 15 is 0 Å². The number of hydrogen-bond donors (Lipinski definition) is 1. The average Bonchev–Trinajstić information content (AvgIpc) is 3.61. The van der Waals surface area contributed by atoms with E-state index in [1.165, 1.54) is 12.1 Å². The lowest BCUT2D eigenvalue weighted by atomic mass is 9.92. The number of aliphatic carboxylic acids is 1. The summed E-state index contributed by atoms with van der Waals surface area (Å²) in [5, 5.41) is 10.3. The smallest absolute Gasteiger partial charge is 0.305 e. The number of halogens is 1. The highest BCUT2D eigenvalue weighted by Crippen LogP contribution is 2.45. The van der Waals surface area contributed by atoms with E-state index in [1.807, 2.05) is 42.5 Å². The van der Waals surface area contributed by atoms with Crippen LogP contribution >= 0.6 is 0 Å². The van der Waals surface area contributed by atoms with Crippen molar-refractivity contribution < 1.29 is 23.8 Å². The fraction of sp³-hybridized carbons (Fsp3) is 0.357. The Morgan fingerprint density at radius 3 is 2.59 bits per heavy atom. The predicted octanol–water partition coefficient (Wildman–Crippen LogP) is 6.32. The van der Waals surface area contributed by atoms with Crippen LogP contribution in [0.4, 0.5) is 4.39 Å². The number of carboxylic acid groups (broad SMARTS) is 1. The van der Waals surface area contributed by atoms with E-state index in [9.17, 15) is 14.3 Å². The zero-order chi connectivity index (χ0) is 23.9. The maximum atomic E-state index is 13.7. The van der Waals surface area contributed by atoms with Crippen molar-refractivity contribution in [3.8, 4) is 11.1 Å².